The van der Waals surface area contributed by atoms with Crippen LogP contribution in [0.5, 0.6) is 5.75 Å². The molecule has 168 valence electrons. The van der Waals surface area contributed by atoms with Crippen LogP contribution >= 0.6 is 11.6 Å². The van der Waals surface area contributed by atoms with E-state index in [-0.39, 0.29) is 11.9 Å². The highest BCUT2D eigenvalue weighted by Gasteiger charge is 2.21. The van der Waals surface area contributed by atoms with Gasteiger partial charge in [0.15, 0.2) is 0 Å². The lowest BCUT2D eigenvalue weighted by atomic mass is 10.1. The van der Waals surface area contributed by atoms with Gasteiger partial charge in [0.25, 0.3) is 0 Å². The number of hydrogen-bond donors (Lipinski definition) is 0. The van der Waals surface area contributed by atoms with Crippen LogP contribution in [0.1, 0.15) is 29.2 Å². The molecule has 1 saturated heterocycles. The van der Waals surface area contributed by atoms with Crippen molar-refractivity contribution in [3.05, 3.63) is 100 Å². The van der Waals surface area contributed by atoms with Gasteiger partial charge in [-0.3, -0.25) is 4.90 Å². The first-order valence-corrected chi connectivity index (χ1v) is 11.6. The van der Waals surface area contributed by atoms with Crippen molar-refractivity contribution >= 4 is 11.6 Å². The van der Waals surface area contributed by atoms with Crippen LogP contribution in [-0.4, -0.2) is 42.5 Å². The zero-order chi connectivity index (χ0) is 22.3. The Labute approximate surface area is 195 Å². The summed E-state index contributed by atoms with van der Waals surface area (Å²) < 4.78 is 19.8. The van der Waals surface area contributed by atoms with Crippen molar-refractivity contribution in [1.29, 1.82) is 0 Å². The van der Waals surface area contributed by atoms with Gasteiger partial charge in [-0.2, -0.15) is 0 Å². The van der Waals surface area contributed by atoms with Crippen LogP contribution in [0.2, 0.25) is 5.02 Å². The van der Waals surface area contributed by atoms with Crippen molar-refractivity contribution in [1.82, 2.24) is 9.80 Å². The van der Waals surface area contributed by atoms with Crippen LogP contribution in [-0.2, 0) is 6.54 Å². The maximum atomic E-state index is 13.5. The largest absolute Gasteiger partial charge is 0.484 e. The first-order chi connectivity index (χ1) is 15.6. The van der Waals surface area contributed by atoms with E-state index in [4.69, 9.17) is 16.3 Å². The lowest BCUT2D eigenvalue weighted by Crippen LogP contribution is -2.46. The number of ether oxygens (including phenoxy) is 1. The number of rotatable bonds is 8. The first kappa shape index (κ1) is 22.8. The predicted molar refractivity (Wildman–Crippen MR) is 129 cm³/mol. The van der Waals surface area contributed by atoms with Crippen molar-refractivity contribution in [3.63, 3.8) is 0 Å². The van der Waals surface area contributed by atoms with E-state index in [0.717, 1.165) is 56.8 Å². The molecule has 0 spiro atoms. The summed E-state index contributed by atoms with van der Waals surface area (Å²) in [6.07, 6.45) is 0.631. The lowest BCUT2D eigenvalue weighted by molar-refractivity contribution is 0.107. The van der Waals surface area contributed by atoms with Gasteiger partial charge in [0.05, 0.1) is 5.02 Å². The van der Waals surface area contributed by atoms with Gasteiger partial charge in [-0.05, 0) is 47.9 Å². The highest BCUT2D eigenvalue weighted by molar-refractivity contribution is 6.32. The third-order valence-corrected chi connectivity index (χ3v) is 6.33. The molecular weight excluding hydrogens is 423 g/mol. The van der Waals surface area contributed by atoms with Gasteiger partial charge in [-0.1, -0.05) is 60.1 Å². The minimum Gasteiger partial charge on any atom is -0.484 e. The number of piperazine rings is 1. The standard InChI is InChI=1S/C27H30ClFN2O/c1-21-7-12-25(28)27(19-21)32-26(23-8-10-24(29)11-9-23)13-14-30-15-17-31(18-16-30)20-22-5-3-2-4-6-22/h2-12,19,26H,13-18,20H2,1H3. The average molecular weight is 453 g/mol. The van der Waals surface area contributed by atoms with E-state index < -0.39 is 0 Å². The van der Waals surface area contributed by atoms with Crippen LogP contribution in [0.15, 0.2) is 72.8 Å². The Morgan fingerprint density at radius 1 is 0.906 bits per heavy atom. The summed E-state index contributed by atoms with van der Waals surface area (Å²) >= 11 is 6.38. The van der Waals surface area contributed by atoms with Gasteiger partial charge in [-0.15, -0.1) is 0 Å². The summed E-state index contributed by atoms with van der Waals surface area (Å²) in [6.45, 7) is 8.13. The van der Waals surface area contributed by atoms with Crippen molar-refractivity contribution in [2.45, 2.75) is 26.0 Å². The second-order valence-electron chi connectivity index (χ2n) is 8.48. The molecule has 1 unspecified atom stereocenters. The molecule has 0 saturated carbocycles. The minimum absolute atomic E-state index is 0.183. The molecule has 0 N–H and O–H groups in total. The Kier molecular flexibility index (Phi) is 7.80. The molecule has 0 bridgehead atoms. The second kappa shape index (κ2) is 11.0. The number of benzene rings is 3. The fraction of sp³-hybridized carbons (Fsp3) is 0.333. The molecule has 5 heteroatoms. The smallest absolute Gasteiger partial charge is 0.139 e. The van der Waals surface area contributed by atoms with E-state index in [1.165, 1.54) is 17.7 Å². The van der Waals surface area contributed by atoms with Crippen LogP contribution in [0.25, 0.3) is 0 Å². The number of halogens is 2. The maximum absolute atomic E-state index is 13.5. The monoisotopic (exact) mass is 452 g/mol. The van der Waals surface area contributed by atoms with E-state index in [0.29, 0.717) is 10.8 Å². The van der Waals surface area contributed by atoms with Gasteiger partial charge >= 0.3 is 0 Å². The third-order valence-electron chi connectivity index (χ3n) is 6.02. The highest BCUT2D eigenvalue weighted by Crippen LogP contribution is 2.32. The average Bonchev–Trinajstić information content (AvgIpc) is 2.81. The Balaban J connectivity index is 1.36. The summed E-state index contributed by atoms with van der Waals surface area (Å²) in [6, 6.07) is 23.0. The van der Waals surface area contributed by atoms with Crippen LogP contribution in [0, 0.1) is 12.7 Å². The maximum Gasteiger partial charge on any atom is 0.139 e. The summed E-state index contributed by atoms with van der Waals surface area (Å²) in [5.41, 5.74) is 3.42. The van der Waals surface area contributed by atoms with E-state index in [9.17, 15) is 4.39 Å². The topological polar surface area (TPSA) is 15.7 Å². The number of aryl methyl sites for hydroxylation is 1. The molecule has 0 radical (unpaired) electrons. The molecule has 1 aliphatic rings. The molecule has 3 aromatic carbocycles. The molecule has 1 heterocycles. The van der Waals surface area contributed by atoms with E-state index in [2.05, 4.69) is 40.1 Å². The Morgan fingerprint density at radius 3 is 2.31 bits per heavy atom. The van der Waals surface area contributed by atoms with E-state index in [1.807, 2.05) is 37.3 Å². The summed E-state index contributed by atoms with van der Waals surface area (Å²) in [4.78, 5) is 4.99. The molecule has 1 fully saturated rings. The fourth-order valence-corrected chi connectivity index (χ4v) is 4.30. The van der Waals surface area contributed by atoms with Gasteiger partial charge in [-0.25, -0.2) is 4.39 Å². The van der Waals surface area contributed by atoms with Crippen LogP contribution in [0.3, 0.4) is 0 Å². The van der Waals surface area contributed by atoms with Gasteiger partial charge in [0.1, 0.15) is 17.7 Å². The van der Waals surface area contributed by atoms with Gasteiger partial charge < -0.3 is 9.64 Å². The molecule has 32 heavy (non-hydrogen) atoms. The van der Waals surface area contributed by atoms with Crippen molar-refractivity contribution in [3.8, 4) is 5.75 Å². The van der Waals surface area contributed by atoms with Crippen molar-refractivity contribution in [2.75, 3.05) is 32.7 Å². The van der Waals surface area contributed by atoms with E-state index in [1.54, 1.807) is 0 Å². The summed E-state index contributed by atoms with van der Waals surface area (Å²) in [7, 11) is 0. The lowest BCUT2D eigenvalue weighted by Gasteiger charge is -2.35. The molecule has 0 aromatic heterocycles. The van der Waals surface area contributed by atoms with Crippen molar-refractivity contribution in [2.24, 2.45) is 0 Å². The van der Waals surface area contributed by atoms with E-state index >= 15 is 0 Å². The Hall–Kier alpha value is -2.40. The van der Waals surface area contributed by atoms with Crippen LogP contribution < -0.4 is 4.74 Å². The zero-order valence-corrected chi connectivity index (χ0v) is 19.3. The molecule has 0 amide bonds. The van der Waals surface area contributed by atoms with Gasteiger partial charge in [0, 0.05) is 45.7 Å². The first-order valence-electron chi connectivity index (χ1n) is 11.2. The van der Waals surface area contributed by atoms with Gasteiger partial charge in [0.2, 0.25) is 0 Å². The highest BCUT2D eigenvalue weighted by atomic mass is 35.5. The molecule has 1 aliphatic heterocycles. The molecule has 0 aliphatic carbocycles. The van der Waals surface area contributed by atoms with Crippen molar-refractivity contribution < 1.29 is 9.13 Å². The molecule has 3 nitrogen and oxygen atoms in total. The quantitative estimate of drug-likeness (QED) is 0.409. The Bertz CT molecular complexity index is 988. The SMILES string of the molecule is Cc1ccc(Cl)c(OC(CCN2CCN(Cc3ccccc3)CC2)c2ccc(F)cc2)c1. The third kappa shape index (κ3) is 6.32. The summed E-state index contributed by atoms with van der Waals surface area (Å²) in [5, 5.41) is 0.595. The number of hydrogen-bond acceptors (Lipinski definition) is 3. The molecule has 4 rings (SSSR count). The molecule has 1 atom stereocenters. The second-order valence-corrected chi connectivity index (χ2v) is 8.89. The predicted octanol–water partition coefficient (Wildman–Crippen LogP) is 6.12. The fourth-order valence-electron chi connectivity index (χ4n) is 4.14. The molecule has 3 aromatic rings. The summed E-state index contributed by atoms with van der Waals surface area (Å²) in [5.74, 6) is 0.435. The van der Waals surface area contributed by atoms with Crippen LogP contribution in [0.4, 0.5) is 4.39 Å². The minimum atomic E-state index is -0.240. The zero-order valence-electron chi connectivity index (χ0n) is 18.5. The molecular formula is C27H30ClFN2O. The number of nitrogens with zero attached hydrogens (tertiary/aromatic N) is 2. The normalized spacial score (nSPS) is 16.1. The Morgan fingerprint density at radius 2 is 1.59 bits per heavy atom.